The zero-order valence-electron chi connectivity index (χ0n) is 16.5. The van der Waals surface area contributed by atoms with E-state index in [1.54, 1.807) is 0 Å². The summed E-state index contributed by atoms with van der Waals surface area (Å²) in [7, 11) is 2.66. The van der Waals surface area contributed by atoms with Crippen LogP contribution in [-0.2, 0) is 0 Å². The molecule has 0 aliphatic rings. The Balaban J connectivity index is 2.13. The first-order chi connectivity index (χ1) is 15.3. The van der Waals surface area contributed by atoms with Crippen LogP contribution < -0.4 is 31.2 Å². The first-order valence-corrected chi connectivity index (χ1v) is 10.8. The van der Waals surface area contributed by atoms with Crippen LogP contribution in [0.2, 0.25) is 0 Å². The van der Waals surface area contributed by atoms with Crippen molar-refractivity contribution in [2.24, 2.45) is 0 Å². The van der Waals surface area contributed by atoms with Crippen molar-refractivity contribution in [1.82, 2.24) is 0 Å². The number of aromatic hydroxyl groups is 2. The fourth-order valence-electron chi connectivity index (χ4n) is 3.84. The highest BCUT2D eigenvalue weighted by Crippen LogP contribution is 2.44. The van der Waals surface area contributed by atoms with Crippen LogP contribution in [-0.4, -0.2) is 24.4 Å². The van der Waals surface area contributed by atoms with Crippen LogP contribution in [0.15, 0.2) is 43.4 Å². The Kier molecular flexibility index (Phi) is 4.33. The zero-order chi connectivity index (χ0) is 22.9. The fraction of sp³-hybridized carbons (Fsp3) is 0.0909. The van der Waals surface area contributed by atoms with E-state index in [0.29, 0.717) is 0 Å². The summed E-state index contributed by atoms with van der Waals surface area (Å²) in [6, 6.07) is 5.03. The molecule has 0 aliphatic carbocycles. The lowest BCUT2D eigenvalue weighted by Gasteiger charge is -2.11. The number of rotatable bonds is 2. The van der Waals surface area contributed by atoms with E-state index in [4.69, 9.17) is 9.47 Å². The summed E-state index contributed by atoms with van der Waals surface area (Å²) < 4.78 is 10.5. The Labute approximate surface area is 185 Å². The van der Waals surface area contributed by atoms with Crippen molar-refractivity contribution in [3.05, 3.63) is 65.2 Å². The van der Waals surface area contributed by atoms with Gasteiger partial charge in [0, 0.05) is 0 Å². The average Bonchev–Trinajstić information content (AvgIpc) is 2.79. The SMILES string of the molecule is COc1ccc(=O)c2c(O)c3sc4c(O)c5c(=O)ccc(OC)c5c(=O)c4sc3c(=O)c12. The maximum Gasteiger partial charge on any atom is 0.209 e. The average molecular weight is 468 g/mol. The minimum atomic E-state index is -0.589. The Morgan fingerprint density at radius 3 is 1.34 bits per heavy atom. The molecule has 0 spiro atoms. The van der Waals surface area contributed by atoms with E-state index >= 15 is 0 Å². The number of benzene rings is 4. The molecule has 0 unspecified atom stereocenters. The minimum Gasteiger partial charge on any atom is -0.506 e. The highest BCUT2D eigenvalue weighted by molar-refractivity contribution is 7.36. The molecule has 0 fully saturated rings. The van der Waals surface area contributed by atoms with E-state index in [9.17, 15) is 29.4 Å². The molecule has 0 saturated heterocycles. The fourth-order valence-corrected chi connectivity index (χ4v) is 6.29. The molecule has 5 aromatic rings. The second kappa shape index (κ2) is 6.87. The van der Waals surface area contributed by atoms with Crippen LogP contribution in [0.3, 0.4) is 0 Å². The summed E-state index contributed by atoms with van der Waals surface area (Å²) in [6.07, 6.45) is 0. The third kappa shape index (κ3) is 2.47. The number of hydrogen-bond acceptors (Lipinski definition) is 10. The lowest BCUT2D eigenvalue weighted by Crippen LogP contribution is -2.12. The third-order valence-electron chi connectivity index (χ3n) is 5.29. The number of phenolic OH excluding ortho intramolecular Hbond substituents is 2. The smallest absolute Gasteiger partial charge is 0.209 e. The first-order valence-electron chi connectivity index (χ1n) is 9.13. The van der Waals surface area contributed by atoms with Gasteiger partial charge < -0.3 is 19.7 Å². The van der Waals surface area contributed by atoms with E-state index in [2.05, 4.69) is 0 Å². The van der Waals surface area contributed by atoms with Gasteiger partial charge in [0.2, 0.25) is 10.9 Å². The molecule has 2 N–H and O–H groups in total. The normalized spacial score (nSPS) is 11.6. The Hall–Kier alpha value is -3.76. The van der Waals surface area contributed by atoms with Crippen LogP contribution in [0.25, 0.3) is 40.3 Å². The molecular formula is C22H12O8S2. The summed E-state index contributed by atoms with van der Waals surface area (Å²) in [6.45, 7) is 0. The Morgan fingerprint density at radius 1 is 0.594 bits per heavy atom. The van der Waals surface area contributed by atoms with Crippen LogP contribution in [0.1, 0.15) is 0 Å². The number of fused-ring (bicyclic) bond motifs is 4. The van der Waals surface area contributed by atoms with Gasteiger partial charge in [-0.3, -0.25) is 19.2 Å². The molecule has 160 valence electrons. The van der Waals surface area contributed by atoms with Crippen LogP contribution >= 0.6 is 22.7 Å². The molecule has 0 aliphatic heterocycles. The molecule has 0 saturated carbocycles. The van der Waals surface area contributed by atoms with Gasteiger partial charge in [-0.1, -0.05) is 0 Å². The third-order valence-corrected chi connectivity index (χ3v) is 7.94. The van der Waals surface area contributed by atoms with Gasteiger partial charge in [0.1, 0.15) is 23.0 Å². The molecule has 0 amide bonds. The number of methoxy groups -OCH3 is 2. The van der Waals surface area contributed by atoms with Gasteiger partial charge >= 0.3 is 0 Å². The monoisotopic (exact) mass is 468 g/mol. The van der Waals surface area contributed by atoms with E-state index in [1.165, 1.54) is 38.5 Å². The number of ether oxygens (including phenoxy) is 2. The quantitative estimate of drug-likeness (QED) is 0.379. The van der Waals surface area contributed by atoms with Crippen molar-refractivity contribution in [1.29, 1.82) is 0 Å². The van der Waals surface area contributed by atoms with E-state index < -0.39 is 33.2 Å². The lowest BCUT2D eigenvalue weighted by atomic mass is 10.1. The summed E-state index contributed by atoms with van der Waals surface area (Å²) >= 11 is 1.52. The summed E-state index contributed by atoms with van der Waals surface area (Å²) in [5.41, 5.74) is -2.33. The molecule has 0 atom stereocenters. The Morgan fingerprint density at radius 2 is 0.969 bits per heavy atom. The number of phenols is 2. The standard InChI is InChI=1S/C22H12O8S2/c1-29-9-5-3-7(23)11-13(9)17(27)21-19(15(11)25)31-20-16(26)12-8(24)4-6-10(30-2)14(12)18(28)22(20)32-21/h3-6,25-26H,1-2H3. The van der Waals surface area contributed by atoms with Gasteiger partial charge in [-0.05, 0) is 24.3 Å². The van der Waals surface area contributed by atoms with Gasteiger partial charge in [0.05, 0.1) is 54.6 Å². The summed E-state index contributed by atoms with van der Waals surface area (Å²) in [5, 5.41) is 21.2. The maximum absolute atomic E-state index is 13.3. The van der Waals surface area contributed by atoms with Crippen molar-refractivity contribution in [3.63, 3.8) is 0 Å². The van der Waals surface area contributed by atoms with Crippen molar-refractivity contribution < 1.29 is 19.7 Å². The predicted molar refractivity (Wildman–Crippen MR) is 125 cm³/mol. The highest BCUT2D eigenvalue weighted by Gasteiger charge is 2.24. The van der Waals surface area contributed by atoms with Crippen LogP contribution in [0.4, 0.5) is 0 Å². The van der Waals surface area contributed by atoms with Crippen molar-refractivity contribution in [2.45, 2.75) is 0 Å². The van der Waals surface area contributed by atoms with Crippen LogP contribution in [0.5, 0.6) is 23.0 Å². The topological polar surface area (TPSA) is 127 Å². The Bertz CT molecular complexity index is 1720. The zero-order valence-corrected chi connectivity index (χ0v) is 18.1. The largest absolute Gasteiger partial charge is 0.506 e. The van der Waals surface area contributed by atoms with Crippen LogP contribution in [0, 0.1) is 0 Å². The van der Waals surface area contributed by atoms with Gasteiger partial charge in [-0.15, -0.1) is 22.7 Å². The van der Waals surface area contributed by atoms with Crippen molar-refractivity contribution >= 4 is 63.0 Å². The van der Waals surface area contributed by atoms with E-state index in [0.717, 1.165) is 22.7 Å². The molecular weight excluding hydrogens is 456 g/mol. The maximum atomic E-state index is 13.3. The second-order valence-electron chi connectivity index (χ2n) is 6.91. The molecule has 32 heavy (non-hydrogen) atoms. The van der Waals surface area contributed by atoms with Gasteiger partial charge in [0.15, 0.2) is 10.9 Å². The minimum absolute atomic E-state index is 0.0181. The van der Waals surface area contributed by atoms with Gasteiger partial charge in [-0.25, -0.2) is 0 Å². The molecule has 0 bridgehead atoms. The molecule has 4 aromatic carbocycles. The van der Waals surface area contributed by atoms with Gasteiger partial charge in [-0.2, -0.15) is 0 Å². The predicted octanol–water partition coefficient (Wildman–Crippen LogP) is 2.73. The summed E-state index contributed by atoms with van der Waals surface area (Å²) in [4.78, 5) is 51.5. The first kappa shape index (κ1) is 20.2. The second-order valence-corrected chi connectivity index (χ2v) is 8.95. The lowest BCUT2D eigenvalue weighted by molar-refractivity contribution is 0.419. The number of hydrogen-bond donors (Lipinski definition) is 2. The molecule has 8 nitrogen and oxygen atoms in total. The molecule has 5 rings (SSSR count). The van der Waals surface area contributed by atoms with Crippen molar-refractivity contribution in [2.75, 3.05) is 14.2 Å². The van der Waals surface area contributed by atoms with E-state index in [-0.39, 0.29) is 51.8 Å². The van der Waals surface area contributed by atoms with E-state index in [1.807, 2.05) is 0 Å². The molecule has 0 radical (unpaired) electrons. The van der Waals surface area contributed by atoms with Gasteiger partial charge in [0.25, 0.3) is 0 Å². The highest BCUT2D eigenvalue weighted by atomic mass is 32.1. The molecule has 10 heteroatoms. The summed E-state index contributed by atoms with van der Waals surface area (Å²) in [5.74, 6) is -0.691. The molecule has 1 aromatic heterocycles. The molecule has 1 heterocycles. The van der Waals surface area contributed by atoms with Crippen molar-refractivity contribution in [3.8, 4) is 23.0 Å².